The van der Waals surface area contributed by atoms with Crippen molar-refractivity contribution in [3.8, 4) is 0 Å². The van der Waals surface area contributed by atoms with Crippen LogP contribution >= 0.6 is 0 Å². The van der Waals surface area contributed by atoms with Crippen molar-refractivity contribution >= 4 is 22.7 Å². The average Bonchev–Trinajstić information content (AvgIpc) is 3.34. The fraction of sp³-hybridized carbons (Fsp3) is 0.280. The molecule has 0 fully saturated rings. The van der Waals surface area contributed by atoms with Crippen LogP contribution in [0.4, 0.5) is 24.7 Å². The van der Waals surface area contributed by atoms with Gasteiger partial charge in [0.15, 0.2) is 5.65 Å². The standard InChI is InChI=1S/C25H25F3N6/c1-14-30-23-18(11-22(29)33-24(23)31-14)21-10-17-9-15(7-8-20(17)32-21)12-34(2)13-16-5-3-4-6-19(16)25(26,27)28/h3-9,11,21,32H,10,12-13H2,1-2H3,(H3,29,30,31,33). The molecule has 2 aromatic heterocycles. The SMILES string of the molecule is Cc1nc2c(C3Cc4cc(CN(C)Cc5ccccc5C(F)(F)F)ccc4N3)cc(N)nc2[nH]1. The van der Waals surface area contributed by atoms with Gasteiger partial charge >= 0.3 is 6.18 Å². The van der Waals surface area contributed by atoms with E-state index in [4.69, 9.17) is 5.73 Å². The van der Waals surface area contributed by atoms with E-state index in [2.05, 4.69) is 26.3 Å². The van der Waals surface area contributed by atoms with Gasteiger partial charge in [-0.1, -0.05) is 30.3 Å². The molecule has 0 spiro atoms. The number of nitrogens with two attached hydrogens (primary N) is 1. The number of fused-ring (bicyclic) bond motifs is 2. The van der Waals surface area contributed by atoms with Crippen molar-refractivity contribution in [2.75, 3.05) is 18.1 Å². The third-order valence-electron chi connectivity index (χ3n) is 6.14. The molecule has 1 unspecified atom stereocenters. The number of hydrogen-bond donors (Lipinski definition) is 3. The predicted molar refractivity (Wildman–Crippen MR) is 126 cm³/mol. The zero-order valence-electron chi connectivity index (χ0n) is 18.9. The molecule has 176 valence electrons. The Kier molecular flexibility index (Phi) is 5.44. The van der Waals surface area contributed by atoms with Gasteiger partial charge < -0.3 is 16.0 Å². The molecule has 0 saturated carbocycles. The Morgan fingerprint density at radius 1 is 1.09 bits per heavy atom. The third-order valence-corrected chi connectivity index (χ3v) is 6.14. The van der Waals surface area contributed by atoms with Gasteiger partial charge in [-0.2, -0.15) is 13.2 Å². The molecule has 4 aromatic rings. The van der Waals surface area contributed by atoms with Crippen LogP contribution in [0.3, 0.4) is 0 Å². The fourth-order valence-corrected chi connectivity index (χ4v) is 4.71. The molecular weight excluding hydrogens is 441 g/mol. The summed E-state index contributed by atoms with van der Waals surface area (Å²) in [5, 5.41) is 3.55. The molecule has 0 amide bonds. The predicted octanol–water partition coefficient (Wildman–Crippen LogP) is 5.21. The van der Waals surface area contributed by atoms with E-state index in [1.165, 1.54) is 12.1 Å². The molecule has 34 heavy (non-hydrogen) atoms. The van der Waals surface area contributed by atoms with Gasteiger partial charge in [-0.05, 0) is 55.3 Å². The number of nitrogens with zero attached hydrogens (tertiary/aromatic N) is 3. The number of halogens is 3. The minimum Gasteiger partial charge on any atom is -0.384 e. The number of pyridine rings is 1. The highest BCUT2D eigenvalue weighted by Crippen LogP contribution is 2.37. The second-order valence-electron chi connectivity index (χ2n) is 8.88. The van der Waals surface area contributed by atoms with E-state index in [9.17, 15) is 13.2 Å². The molecule has 2 aromatic carbocycles. The van der Waals surface area contributed by atoms with Crippen molar-refractivity contribution in [2.24, 2.45) is 0 Å². The van der Waals surface area contributed by atoms with E-state index in [-0.39, 0.29) is 18.2 Å². The number of imidazole rings is 1. The molecule has 0 saturated heterocycles. The number of benzene rings is 2. The van der Waals surface area contributed by atoms with Crippen molar-refractivity contribution < 1.29 is 13.2 Å². The second-order valence-corrected chi connectivity index (χ2v) is 8.88. The van der Waals surface area contributed by atoms with E-state index in [0.29, 0.717) is 18.0 Å². The monoisotopic (exact) mass is 466 g/mol. The number of H-pyrrole nitrogens is 1. The fourth-order valence-electron chi connectivity index (χ4n) is 4.71. The lowest BCUT2D eigenvalue weighted by Crippen LogP contribution is -2.20. The largest absolute Gasteiger partial charge is 0.416 e. The van der Waals surface area contributed by atoms with Crippen LogP contribution in [-0.2, 0) is 25.7 Å². The maximum atomic E-state index is 13.3. The number of rotatable bonds is 5. The summed E-state index contributed by atoms with van der Waals surface area (Å²) in [7, 11) is 1.83. The van der Waals surface area contributed by atoms with Crippen LogP contribution in [-0.4, -0.2) is 26.9 Å². The van der Waals surface area contributed by atoms with Gasteiger partial charge in [0, 0.05) is 24.3 Å². The number of aromatic nitrogens is 3. The first-order valence-electron chi connectivity index (χ1n) is 11.0. The normalized spacial score (nSPS) is 15.6. The van der Waals surface area contributed by atoms with Gasteiger partial charge in [-0.25, -0.2) is 9.97 Å². The first-order chi connectivity index (χ1) is 16.2. The van der Waals surface area contributed by atoms with Gasteiger partial charge in [0.25, 0.3) is 0 Å². The number of nitrogen functional groups attached to an aromatic ring is 1. The summed E-state index contributed by atoms with van der Waals surface area (Å²) in [4.78, 5) is 14.0. The summed E-state index contributed by atoms with van der Waals surface area (Å²) in [6.45, 7) is 2.63. The van der Waals surface area contributed by atoms with Crippen molar-refractivity contribution in [2.45, 2.75) is 38.7 Å². The van der Waals surface area contributed by atoms with E-state index in [1.54, 1.807) is 6.07 Å². The van der Waals surface area contributed by atoms with Gasteiger partial charge in [0.05, 0.1) is 11.6 Å². The number of alkyl halides is 3. The Morgan fingerprint density at radius 2 is 1.88 bits per heavy atom. The van der Waals surface area contributed by atoms with Crippen LogP contribution in [0, 0.1) is 6.92 Å². The molecule has 0 aliphatic carbocycles. The Labute approximate surface area is 195 Å². The highest BCUT2D eigenvalue weighted by atomic mass is 19.4. The second kappa shape index (κ2) is 8.32. The van der Waals surface area contributed by atoms with E-state index >= 15 is 0 Å². The number of nitrogens with one attached hydrogen (secondary N) is 2. The smallest absolute Gasteiger partial charge is 0.384 e. The molecule has 1 aliphatic rings. The summed E-state index contributed by atoms with van der Waals surface area (Å²) in [6, 6.07) is 13.8. The number of hydrogen-bond acceptors (Lipinski definition) is 5. The van der Waals surface area contributed by atoms with Gasteiger partial charge in [-0.15, -0.1) is 0 Å². The third kappa shape index (κ3) is 4.31. The summed E-state index contributed by atoms with van der Waals surface area (Å²) < 4.78 is 40.0. The lowest BCUT2D eigenvalue weighted by Gasteiger charge is -2.20. The molecular formula is C25H25F3N6. The Hall–Kier alpha value is -3.59. The van der Waals surface area contributed by atoms with Crippen LogP contribution < -0.4 is 11.1 Å². The molecule has 0 bridgehead atoms. The maximum Gasteiger partial charge on any atom is 0.416 e. The Bertz CT molecular complexity index is 1360. The number of aryl methyl sites for hydroxylation is 1. The molecule has 4 N–H and O–H groups in total. The minimum absolute atomic E-state index is 0.0112. The molecule has 6 nitrogen and oxygen atoms in total. The first kappa shape index (κ1) is 22.2. The van der Waals surface area contributed by atoms with Crippen LogP contribution in [0.15, 0.2) is 48.5 Å². The van der Waals surface area contributed by atoms with Crippen LogP contribution in [0.2, 0.25) is 0 Å². The van der Waals surface area contributed by atoms with Crippen molar-refractivity contribution in [1.82, 2.24) is 19.9 Å². The molecule has 3 heterocycles. The maximum absolute atomic E-state index is 13.3. The van der Waals surface area contributed by atoms with E-state index in [1.807, 2.05) is 37.1 Å². The quantitative estimate of drug-likeness (QED) is 0.376. The average molecular weight is 467 g/mol. The highest BCUT2D eigenvalue weighted by Gasteiger charge is 2.33. The molecule has 0 radical (unpaired) electrons. The van der Waals surface area contributed by atoms with Crippen LogP contribution in [0.5, 0.6) is 0 Å². The molecule has 5 rings (SSSR count). The lowest BCUT2D eigenvalue weighted by molar-refractivity contribution is -0.138. The molecule has 1 aliphatic heterocycles. The summed E-state index contributed by atoms with van der Waals surface area (Å²) >= 11 is 0. The number of anilines is 2. The zero-order chi connectivity index (χ0) is 24.0. The molecule has 9 heteroatoms. The minimum atomic E-state index is -4.36. The Morgan fingerprint density at radius 3 is 2.68 bits per heavy atom. The molecule has 1 atom stereocenters. The van der Waals surface area contributed by atoms with Crippen LogP contribution in [0.25, 0.3) is 11.2 Å². The van der Waals surface area contributed by atoms with E-state index < -0.39 is 11.7 Å². The Balaban J connectivity index is 1.33. The van der Waals surface area contributed by atoms with Crippen molar-refractivity contribution in [3.05, 3.63) is 82.2 Å². The van der Waals surface area contributed by atoms with Crippen molar-refractivity contribution in [1.29, 1.82) is 0 Å². The summed E-state index contributed by atoms with van der Waals surface area (Å²) in [5.74, 6) is 1.22. The summed E-state index contributed by atoms with van der Waals surface area (Å²) in [6.07, 6.45) is -3.60. The van der Waals surface area contributed by atoms with E-state index in [0.717, 1.165) is 46.2 Å². The van der Waals surface area contributed by atoms with Crippen LogP contribution in [0.1, 0.15) is 39.7 Å². The lowest BCUT2D eigenvalue weighted by atomic mass is 10.0. The van der Waals surface area contributed by atoms with Crippen molar-refractivity contribution in [3.63, 3.8) is 0 Å². The first-order valence-corrected chi connectivity index (χ1v) is 11.0. The van der Waals surface area contributed by atoms with Gasteiger partial charge in [-0.3, -0.25) is 4.90 Å². The topological polar surface area (TPSA) is 82.9 Å². The van der Waals surface area contributed by atoms with Gasteiger partial charge in [0.2, 0.25) is 0 Å². The zero-order valence-corrected chi connectivity index (χ0v) is 18.9. The summed E-state index contributed by atoms with van der Waals surface area (Å²) in [5.41, 5.74) is 11.4. The van der Waals surface area contributed by atoms with Gasteiger partial charge in [0.1, 0.15) is 17.2 Å². The number of aromatic amines is 1. The highest BCUT2D eigenvalue weighted by molar-refractivity contribution is 5.79.